The first-order chi connectivity index (χ1) is 7.92. The SMILES string of the molecule is N#CCCn1c2c(c3ccccc31)CCC2. The predicted molar refractivity (Wildman–Crippen MR) is 64.2 cm³/mol. The second-order valence-corrected chi connectivity index (χ2v) is 4.36. The van der Waals surface area contributed by atoms with Crippen LogP contribution in [0.15, 0.2) is 24.3 Å². The van der Waals surface area contributed by atoms with E-state index in [2.05, 4.69) is 34.9 Å². The van der Waals surface area contributed by atoms with Gasteiger partial charge >= 0.3 is 0 Å². The van der Waals surface area contributed by atoms with Gasteiger partial charge in [0.2, 0.25) is 0 Å². The molecule has 0 saturated heterocycles. The lowest BCUT2D eigenvalue weighted by Gasteiger charge is -2.06. The Morgan fingerprint density at radius 3 is 3.00 bits per heavy atom. The molecule has 1 aliphatic carbocycles. The highest BCUT2D eigenvalue weighted by molar-refractivity contribution is 5.86. The third-order valence-electron chi connectivity index (χ3n) is 3.48. The standard InChI is InChI=1S/C14H14N2/c15-9-4-10-16-13-7-2-1-5-11(13)12-6-3-8-14(12)16/h1-2,5,7H,3-4,6,8,10H2. The molecule has 2 nitrogen and oxygen atoms in total. The molecule has 0 amide bonds. The highest BCUT2D eigenvalue weighted by Gasteiger charge is 2.20. The maximum Gasteiger partial charge on any atom is 0.0640 e. The van der Waals surface area contributed by atoms with Crippen molar-refractivity contribution in [3.8, 4) is 6.07 Å². The highest BCUT2D eigenvalue weighted by atomic mass is 15.0. The van der Waals surface area contributed by atoms with Crippen LogP contribution in [-0.2, 0) is 19.4 Å². The van der Waals surface area contributed by atoms with Crippen molar-refractivity contribution in [1.82, 2.24) is 4.57 Å². The van der Waals surface area contributed by atoms with E-state index in [4.69, 9.17) is 5.26 Å². The zero-order valence-corrected chi connectivity index (χ0v) is 9.24. The van der Waals surface area contributed by atoms with Crippen LogP contribution in [0.5, 0.6) is 0 Å². The van der Waals surface area contributed by atoms with E-state index in [1.807, 2.05) is 0 Å². The van der Waals surface area contributed by atoms with Gasteiger partial charge in [-0.3, -0.25) is 0 Å². The normalized spacial score (nSPS) is 13.9. The maximum atomic E-state index is 8.72. The second-order valence-electron chi connectivity index (χ2n) is 4.36. The molecule has 1 aromatic heterocycles. The van der Waals surface area contributed by atoms with E-state index in [9.17, 15) is 0 Å². The van der Waals surface area contributed by atoms with Crippen molar-refractivity contribution in [2.24, 2.45) is 0 Å². The summed E-state index contributed by atoms with van der Waals surface area (Å²) in [6.45, 7) is 0.840. The Labute approximate surface area is 95.1 Å². The summed E-state index contributed by atoms with van der Waals surface area (Å²) in [6, 6.07) is 10.8. The summed E-state index contributed by atoms with van der Waals surface area (Å²) in [4.78, 5) is 0. The van der Waals surface area contributed by atoms with Gasteiger partial charge in [-0.15, -0.1) is 0 Å². The van der Waals surface area contributed by atoms with Crippen molar-refractivity contribution in [3.05, 3.63) is 35.5 Å². The van der Waals surface area contributed by atoms with Crippen molar-refractivity contribution in [2.45, 2.75) is 32.2 Å². The minimum absolute atomic E-state index is 0.602. The van der Waals surface area contributed by atoms with Crippen LogP contribution in [0.2, 0.25) is 0 Å². The summed E-state index contributed by atoms with van der Waals surface area (Å²) < 4.78 is 2.35. The summed E-state index contributed by atoms with van der Waals surface area (Å²) in [7, 11) is 0. The van der Waals surface area contributed by atoms with Crippen LogP contribution in [0.1, 0.15) is 24.1 Å². The lowest BCUT2D eigenvalue weighted by Crippen LogP contribution is -2.01. The van der Waals surface area contributed by atoms with Crippen LogP contribution >= 0.6 is 0 Å². The van der Waals surface area contributed by atoms with Crippen molar-refractivity contribution in [2.75, 3.05) is 0 Å². The van der Waals surface area contributed by atoms with Crippen LogP contribution in [-0.4, -0.2) is 4.57 Å². The van der Waals surface area contributed by atoms with Gasteiger partial charge < -0.3 is 4.57 Å². The molecule has 0 unspecified atom stereocenters. The fourth-order valence-electron chi connectivity index (χ4n) is 2.84. The first kappa shape index (κ1) is 9.47. The molecule has 0 spiro atoms. The van der Waals surface area contributed by atoms with Crippen LogP contribution in [0.4, 0.5) is 0 Å². The fourth-order valence-corrected chi connectivity index (χ4v) is 2.84. The highest BCUT2D eigenvalue weighted by Crippen LogP contribution is 2.32. The summed E-state index contributed by atoms with van der Waals surface area (Å²) in [5.74, 6) is 0. The number of fused-ring (bicyclic) bond motifs is 3. The van der Waals surface area contributed by atoms with Crippen LogP contribution < -0.4 is 0 Å². The second kappa shape index (κ2) is 3.68. The molecule has 1 aromatic carbocycles. The van der Waals surface area contributed by atoms with Crippen molar-refractivity contribution in [3.63, 3.8) is 0 Å². The van der Waals surface area contributed by atoms with Crippen molar-refractivity contribution >= 4 is 10.9 Å². The quantitative estimate of drug-likeness (QED) is 0.749. The Morgan fingerprint density at radius 1 is 1.25 bits per heavy atom. The fraction of sp³-hybridized carbons (Fsp3) is 0.357. The van der Waals surface area contributed by atoms with Gasteiger partial charge in [-0.25, -0.2) is 0 Å². The summed E-state index contributed by atoms with van der Waals surface area (Å²) >= 11 is 0. The molecule has 0 bridgehead atoms. The zero-order valence-electron chi connectivity index (χ0n) is 9.24. The smallest absolute Gasteiger partial charge is 0.0640 e. The van der Waals surface area contributed by atoms with E-state index < -0.39 is 0 Å². The Bertz CT molecular complexity index is 572. The summed E-state index contributed by atoms with van der Waals surface area (Å²) in [6.07, 6.45) is 4.25. The van der Waals surface area contributed by atoms with Crippen molar-refractivity contribution in [1.29, 1.82) is 5.26 Å². The lowest BCUT2D eigenvalue weighted by atomic mass is 10.1. The average molecular weight is 210 g/mol. The van der Waals surface area contributed by atoms with E-state index in [0.29, 0.717) is 6.42 Å². The largest absolute Gasteiger partial charge is 0.343 e. The molecule has 0 radical (unpaired) electrons. The van der Waals surface area contributed by atoms with Gasteiger partial charge in [0, 0.05) is 23.1 Å². The topological polar surface area (TPSA) is 28.7 Å². The van der Waals surface area contributed by atoms with Gasteiger partial charge in [0.05, 0.1) is 12.5 Å². The minimum Gasteiger partial charge on any atom is -0.343 e. The Hall–Kier alpha value is -1.75. The average Bonchev–Trinajstić information content (AvgIpc) is 2.87. The maximum absolute atomic E-state index is 8.72. The number of benzene rings is 1. The number of para-hydroxylation sites is 1. The molecule has 1 heterocycles. The molecule has 0 aliphatic heterocycles. The molecule has 80 valence electrons. The third-order valence-corrected chi connectivity index (χ3v) is 3.48. The molecule has 0 N–H and O–H groups in total. The zero-order chi connectivity index (χ0) is 11.0. The molecule has 16 heavy (non-hydrogen) atoms. The lowest BCUT2D eigenvalue weighted by molar-refractivity contribution is 0.702. The Morgan fingerprint density at radius 2 is 2.12 bits per heavy atom. The molecular formula is C14H14N2. The van der Waals surface area contributed by atoms with E-state index in [1.165, 1.54) is 41.4 Å². The predicted octanol–water partition coefficient (Wildman–Crippen LogP) is 3.04. The minimum atomic E-state index is 0.602. The van der Waals surface area contributed by atoms with E-state index >= 15 is 0 Å². The Kier molecular flexibility index (Phi) is 2.18. The van der Waals surface area contributed by atoms with Crippen LogP contribution in [0, 0.1) is 11.3 Å². The monoisotopic (exact) mass is 210 g/mol. The number of nitriles is 1. The number of aromatic nitrogens is 1. The number of nitrogens with zero attached hydrogens (tertiary/aromatic N) is 2. The summed E-state index contributed by atoms with van der Waals surface area (Å²) in [5, 5.41) is 10.1. The van der Waals surface area contributed by atoms with Gasteiger partial charge in [-0.05, 0) is 30.9 Å². The molecule has 2 heteroatoms. The van der Waals surface area contributed by atoms with Crippen LogP contribution in [0.3, 0.4) is 0 Å². The van der Waals surface area contributed by atoms with Crippen LogP contribution in [0.25, 0.3) is 10.9 Å². The third kappa shape index (κ3) is 1.25. The van der Waals surface area contributed by atoms with E-state index in [0.717, 1.165) is 6.54 Å². The van der Waals surface area contributed by atoms with E-state index in [-0.39, 0.29) is 0 Å². The number of aryl methyl sites for hydroxylation is 2. The number of hydrogen-bond acceptors (Lipinski definition) is 1. The van der Waals surface area contributed by atoms with Crippen molar-refractivity contribution < 1.29 is 0 Å². The van der Waals surface area contributed by atoms with Gasteiger partial charge in [0.15, 0.2) is 0 Å². The molecule has 0 saturated carbocycles. The van der Waals surface area contributed by atoms with E-state index in [1.54, 1.807) is 0 Å². The van der Waals surface area contributed by atoms with Gasteiger partial charge in [0.25, 0.3) is 0 Å². The molecule has 1 aliphatic rings. The number of hydrogen-bond donors (Lipinski definition) is 0. The molecule has 3 rings (SSSR count). The Balaban J connectivity index is 2.22. The molecule has 0 atom stereocenters. The van der Waals surface area contributed by atoms with Gasteiger partial charge in [0.1, 0.15) is 0 Å². The first-order valence-corrected chi connectivity index (χ1v) is 5.88. The first-order valence-electron chi connectivity index (χ1n) is 5.88. The van der Waals surface area contributed by atoms with Gasteiger partial charge in [-0.1, -0.05) is 18.2 Å². The summed E-state index contributed by atoms with van der Waals surface area (Å²) in [5.41, 5.74) is 4.30. The number of rotatable bonds is 2. The molecular weight excluding hydrogens is 196 g/mol. The molecule has 0 fully saturated rings. The molecule has 2 aromatic rings. The van der Waals surface area contributed by atoms with Gasteiger partial charge in [-0.2, -0.15) is 5.26 Å².